The summed E-state index contributed by atoms with van der Waals surface area (Å²) in [5.41, 5.74) is 0. The quantitative estimate of drug-likeness (QED) is 0.680. The van der Waals surface area contributed by atoms with Gasteiger partial charge in [-0.2, -0.15) is 0 Å². The van der Waals surface area contributed by atoms with Gasteiger partial charge in [-0.25, -0.2) is 18.4 Å². The second-order valence-electron chi connectivity index (χ2n) is 2.55. The van der Waals surface area contributed by atoms with Crippen molar-refractivity contribution in [1.82, 2.24) is 9.97 Å². The predicted molar refractivity (Wildman–Crippen MR) is 49.4 cm³/mol. The third-order valence-electron chi connectivity index (χ3n) is 1.30. The van der Waals surface area contributed by atoms with Gasteiger partial charge in [0.1, 0.15) is 4.90 Å². The van der Waals surface area contributed by atoms with E-state index in [2.05, 4.69) is 9.97 Å². The van der Waals surface area contributed by atoms with Crippen molar-refractivity contribution in [3.05, 3.63) is 12.4 Å². The lowest BCUT2D eigenvalue weighted by Gasteiger charge is -2.08. The van der Waals surface area contributed by atoms with Crippen molar-refractivity contribution in [3.8, 4) is 0 Å². The maximum atomic E-state index is 10.8. The molecular formula is C6H8ClN3O2S. The van der Waals surface area contributed by atoms with Crippen LogP contribution in [0.2, 0.25) is 0 Å². The largest absolute Gasteiger partial charge is 0.347 e. The summed E-state index contributed by atoms with van der Waals surface area (Å²) < 4.78 is 21.6. The molecule has 0 aliphatic rings. The molecule has 7 heteroatoms. The number of aromatic nitrogens is 2. The van der Waals surface area contributed by atoms with Gasteiger partial charge < -0.3 is 4.90 Å². The average Bonchev–Trinajstić information content (AvgIpc) is 2.03. The first-order valence-electron chi connectivity index (χ1n) is 3.35. The first-order chi connectivity index (χ1) is 5.91. The highest BCUT2D eigenvalue weighted by atomic mass is 35.7. The molecule has 0 amide bonds. The lowest BCUT2D eigenvalue weighted by molar-refractivity contribution is 0.608. The fourth-order valence-electron chi connectivity index (χ4n) is 0.666. The Morgan fingerprint density at radius 3 is 2.08 bits per heavy atom. The molecule has 1 aromatic rings. The van der Waals surface area contributed by atoms with Gasteiger partial charge in [0, 0.05) is 24.8 Å². The van der Waals surface area contributed by atoms with Crippen molar-refractivity contribution in [2.24, 2.45) is 0 Å². The van der Waals surface area contributed by atoms with Crippen LogP contribution in [-0.4, -0.2) is 32.5 Å². The van der Waals surface area contributed by atoms with Crippen molar-refractivity contribution in [1.29, 1.82) is 0 Å². The molecule has 0 radical (unpaired) electrons. The molecule has 5 nitrogen and oxygen atoms in total. The van der Waals surface area contributed by atoms with Gasteiger partial charge in [0.25, 0.3) is 9.05 Å². The fraction of sp³-hybridized carbons (Fsp3) is 0.333. The van der Waals surface area contributed by atoms with Crippen LogP contribution < -0.4 is 4.90 Å². The summed E-state index contributed by atoms with van der Waals surface area (Å²) in [6, 6.07) is 0. The zero-order chi connectivity index (χ0) is 10.1. The SMILES string of the molecule is CN(C)c1ncc(S(=O)(=O)Cl)cn1. The number of hydrogen-bond donors (Lipinski definition) is 0. The molecule has 0 aliphatic heterocycles. The van der Waals surface area contributed by atoms with E-state index >= 15 is 0 Å². The van der Waals surface area contributed by atoms with Crippen molar-refractivity contribution < 1.29 is 8.42 Å². The van der Waals surface area contributed by atoms with Crippen molar-refractivity contribution >= 4 is 25.7 Å². The van der Waals surface area contributed by atoms with Crippen molar-refractivity contribution in [2.75, 3.05) is 19.0 Å². The third kappa shape index (κ3) is 2.53. The molecule has 0 atom stereocenters. The van der Waals surface area contributed by atoms with E-state index in [9.17, 15) is 8.42 Å². The van der Waals surface area contributed by atoms with E-state index in [1.807, 2.05) is 0 Å². The van der Waals surface area contributed by atoms with Gasteiger partial charge in [-0.1, -0.05) is 0 Å². The summed E-state index contributed by atoms with van der Waals surface area (Å²) >= 11 is 0. The molecule has 1 rings (SSSR count). The molecule has 13 heavy (non-hydrogen) atoms. The molecule has 0 saturated carbocycles. The highest BCUT2D eigenvalue weighted by Crippen LogP contribution is 2.13. The molecule has 0 aliphatic carbocycles. The number of hydrogen-bond acceptors (Lipinski definition) is 5. The van der Waals surface area contributed by atoms with Crippen LogP contribution >= 0.6 is 10.7 Å². The highest BCUT2D eigenvalue weighted by molar-refractivity contribution is 8.13. The zero-order valence-corrected chi connectivity index (χ0v) is 8.67. The van der Waals surface area contributed by atoms with E-state index in [0.29, 0.717) is 5.95 Å². The molecule has 72 valence electrons. The van der Waals surface area contributed by atoms with Crippen LogP contribution in [0.3, 0.4) is 0 Å². The minimum atomic E-state index is -3.72. The average molecular weight is 222 g/mol. The highest BCUT2D eigenvalue weighted by Gasteiger charge is 2.11. The summed E-state index contributed by atoms with van der Waals surface area (Å²) in [4.78, 5) is 9.15. The predicted octanol–water partition coefficient (Wildman–Crippen LogP) is 0.470. The molecular weight excluding hydrogens is 214 g/mol. The molecule has 1 heterocycles. The Morgan fingerprint density at radius 1 is 1.31 bits per heavy atom. The second kappa shape index (κ2) is 3.47. The van der Waals surface area contributed by atoms with E-state index < -0.39 is 9.05 Å². The van der Waals surface area contributed by atoms with Gasteiger partial charge in [0.15, 0.2) is 0 Å². The van der Waals surface area contributed by atoms with E-state index in [1.54, 1.807) is 19.0 Å². The van der Waals surface area contributed by atoms with Gasteiger partial charge in [-0.15, -0.1) is 0 Å². The smallest absolute Gasteiger partial charge is 0.264 e. The molecule has 0 saturated heterocycles. The van der Waals surface area contributed by atoms with E-state index in [4.69, 9.17) is 10.7 Å². The maximum Gasteiger partial charge on any atom is 0.264 e. The van der Waals surface area contributed by atoms with Crippen LogP contribution in [0.4, 0.5) is 5.95 Å². The van der Waals surface area contributed by atoms with Crippen LogP contribution in [0.25, 0.3) is 0 Å². The lowest BCUT2D eigenvalue weighted by atomic mass is 10.6. The van der Waals surface area contributed by atoms with Crippen molar-refractivity contribution in [3.63, 3.8) is 0 Å². The first kappa shape index (κ1) is 10.2. The molecule has 0 fully saturated rings. The third-order valence-corrected chi connectivity index (χ3v) is 2.60. The molecule has 1 aromatic heterocycles. The molecule has 0 N–H and O–H groups in total. The number of rotatable bonds is 2. The Labute approximate surface area is 80.8 Å². The van der Waals surface area contributed by atoms with Gasteiger partial charge in [0.05, 0.1) is 12.4 Å². The topological polar surface area (TPSA) is 63.2 Å². The summed E-state index contributed by atoms with van der Waals surface area (Å²) in [5.74, 6) is 0.434. The lowest BCUT2D eigenvalue weighted by Crippen LogP contribution is -2.12. The maximum absolute atomic E-state index is 10.8. The van der Waals surface area contributed by atoms with Crippen LogP contribution in [0.5, 0.6) is 0 Å². The van der Waals surface area contributed by atoms with Crippen LogP contribution in [0.15, 0.2) is 17.3 Å². The summed E-state index contributed by atoms with van der Waals surface area (Å²) in [7, 11) is 4.86. The Bertz CT molecular complexity index is 387. The molecule has 0 unspecified atom stereocenters. The zero-order valence-electron chi connectivity index (χ0n) is 7.10. The number of anilines is 1. The Hall–Kier alpha value is -0.880. The Morgan fingerprint density at radius 2 is 1.77 bits per heavy atom. The van der Waals surface area contributed by atoms with Gasteiger partial charge in [-0.3, -0.25) is 0 Å². The van der Waals surface area contributed by atoms with Crippen LogP contribution in [-0.2, 0) is 9.05 Å². The normalized spacial score (nSPS) is 11.3. The molecule has 0 bridgehead atoms. The van der Waals surface area contributed by atoms with Gasteiger partial charge in [-0.05, 0) is 0 Å². The van der Waals surface area contributed by atoms with Crippen molar-refractivity contribution in [2.45, 2.75) is 4.90 Å². The Balaban J connectivity index is 3.08. The first-order valence-corrected chi connectivity index (χ1v) is 5.66. The summed E-state index contributed by atoms with van der Waals surface area (Å²) in [5, 5.41) is 0. The van der Waals surface area contributed by atoms with Crippen LogP contribution in [0, 0.1) is 0 Å². The number of nitrogens with zero attached hydrogens (tertiary/aromatic N) is 3. The minimum Gasteiger partial charge on any atom is -0.347 e. The van der Waals surface area contributed by atoms with Gasteiger partial charge in [0.2, 0.25) is 5.95 Å². The van der Waals surface area contributed by atoms with E-state index in [-0.39, 0.29) is 4.90 Å². The minimum absolute atomic E-state index is 0.0974. The van der Waals surface area contributed by atoms with Crippen LogP contribution in [0.1, 0.15) is 0 Å². The molecule has 0 aromatic carbocycles. The number of halogens is 1. The van der Waals surface area contributed by atoms with E-state index in [0.717, 1.165) is 0 Å². The standard InChI is InChI=1S/C6H8ClN3O2S/c1-10(2)6-8-3-5(4-9-6)13(7,11)12/h3-4H,1-2H3. The summed E-state index contributed by atoms with van der Waals surface area (Å²) in [6.45, 7) is 0. The molecule has 0 spiro atoms. The van der Waals surface area contributed by atoms with E-state index in [1.165, 1.54) is 12.4 Å². The summed E-state index contributed by atoms with van der Waals surface area (Å²) in [6.07, 6.45) is 2.34. The van der Waals surface area contributed by atoms with Gasteiger partial charge >= 0.3 is 0 Å². The Kier molecular flexibility index (Phi) is 2.72. The fourth-order valence-corrected chi connectivity index (χ4v) is 1.26. The monoisotopic (exact) mass is 221 g/mol. The second-order valence-corrected chi connectivity index (χ2v) is 5.12.